The van der Waals surface area contributed by atoms with E-state index in [2.05, 4.69) is 42.3 Å². The van der Waals surface area contributed by atoms with Gasteiger partial charge in [-0.1, -0.05) is 113 Å². The first-order valence-corrected chi connectivity index (χ1v) is 13.8. The summed E-state index contributed by atoms with van der Waals surface area (Å²) < 4.78 is 4.64. The van der Waals surface area contributed by atoms with Crippen LogP contribution >= 0.6 is 23.2 Å². The standard InChI is InChI=1S/C28H45Cl2N2/c1-4-5-6-7-8-9-10-11-12-13-14-15-16-17-21-31-22-23-32(25(31)3)24(2)28-26(29)19-18-20-27(28)30/h18-20,22-24H,4-17,21H2,1-3H3/q+1/t24-/m0/s1. The largest absolute Gasteiger partial charge is 0.253 e. The topological polar surface area (TPSA) is 8.81 Å². The van der Waals surface area contributed by atoms with Gasteiger partial charge in [-0.05, 0) is 31.9 Å². The van der Waals surface area contributed by atoms with Gasteiger partial charge in [0.15, 0.2) is 0 Å². The molecule has 0 spiro atoms. The van der Waals surface area contributed by atoms with E-state index in [1.807, 2.05) is 18.2 Å². The molecular weight excluding hydrogens is 435 g/mol. The summed E-state index contributed by atoms with van der Waals surface area (Å²) in [7, 11) is 0. The Morgan fingerprint density at radius 1 is 0.781 bits per heavy atom. The summed E-state index contributed by atoms with van der Waals surface area (Å²) in [4.78, 5) is 0. The molecule has 0 fully saturated rings. The summed E-state index contributed by atoms with van der Waals surface area (Å²) in [6, 6.07) is 5.86. The highest BCUT2D eigenvalue weighted by molar-refractivity contribution is 6.36. The fourth-order valence-electron chi connectivity index (χ4n) is 4.69. The van der Waals surface area contributed by atoms with Gasteiger partial charge in [-0.3, -0.25) is 0 Å². The number of halogens is 2. The lowest BCUT2D eigenvalue weighted by molar-refractivity contribution is -0.702. The Hall–Kier alpha value is -0.990. The van der Waals surface area contributed by atoms with Crippen molar-refractivity contribution in [2.45, 2.75) is 123 Å². The fraction of sp³-hybridized carbons (Fsp3) is 0.679. The van der Waals surface area contributed by atoms with E-state index in [1.165, 1.54) is 95.7 Å². The minimum atomic E-state index is 0.119. The van der Waals surface area contributed by atoms with Crippen molar-refractivity contribution in [1.29, 1.82) is 0 Å². The highest BCUT2D eigenvalue weighted by Crippen LogP contribution is 2.32. The fourth-order valence-corrected chi connectivity index (χ4v) is 5.40. The van der Waals surface area contributed by atoms with Crippen LogP contribution in [0.2, 0.25) is 10.0 Å². The molecule has 2 rings (SSSR count). The van der Waals surface area contributed by atoms with Gasteiger partial charge in [-0.2, -0.15) is 0 Å². The van der Waals surface area contributed by atoms with Gasteiger partial charge in [0, 0.05) is 22.5 Å². The minimum absolute atomic E-state index is 0.119. The summed E-state index contributed by atoms with van der Waals surface area (Å²) in [6.07, 6.45) is 23.9. The molecule has 0 bridgehead atoms. The summed E-state index contributed by atoms with van der Waals surface area (Å²) in [5.41, 5.74) is 0.998. The van der Waals surface area contributed by atoms with Crippen LogP contribution in [0, 0.1) is 6.92 Å². The van der Waals surface area contributed by atoms with Gasteiger partial charge in [0.25, 0.3) is 5.82 Å². The smallest absolute Gasteiger partial charge is 0.234 e. The quantitative estimate of drug-likeness (QED) is 0.157. The normalized spacial score (nSPS) is 12.4. The van der Waals surface area contributed by atoms with Crippen molar-refractivity contribution in [2.24, 2.45) is 0 Å². The lowest BCUT2D eigenvalue weighted by Crippen LogP contribution is -2.35. The summed E-state index contributed by atoms with van der Waals surface area (Å²) in [6.45, 7) is 7.72. The van der Waals surface area contributed by atoms with E-state index in [1.54, 1.807) is 0 Å². The maximum atomic E-state index is 6.43. The zero-order valence-electron chi connectivity index (χ0n) is 20.7. The van der Waals surface area contributed by atoms with Crippen LogP contribution < -0.4 is 4.57 Å². The van der Waals surface area contributed by atoms with Crippen molar-refractivity contribution in [3.63, 3.8) is 0 Å². The molecule has 4 heteroatoms. The zero-order chi connectivity index (χ0) is 23.2. The average molecular weight is 481 g/mol. The van der Waals surface area contributed by atoms with Gasteiger partial charge >= 0.3 is 0 Å². The van der Waals surface area contributed by atoms with Gasteiger partial charge in [0.1, 0.15) is 18.4 Å². The Morgan fingerprint density at radius 3 is 1.75 bits per heavy atom. The first-order valence-electron chi connectivity index (χ1n) is 13.1. The van der Waals surface area contributed by atoms with E-state index in [0.717, 1.165) is 22.2 Å². The molecule has 0 amide bonds. The number of hydrogen-bond acceptors (Lipinski definition) is 0. The maximum Gasteiger partial charge on any atom is 0.253 e. The van der Waals surface area contributed by atoms with E-state index in [9.17, 15) is 0 Å². The molecule has 1 aromatic carbocycles. The van der Waals surface area contributed by atoms with Crippen molar-refractivity contribution in [3.05, 3.63) is 52.0 Å². The van der Waals surface area contributed by atoms with E-state index in [-0.39, 0.29) is 6.04 Å². The molecule has 0 saturated heterocycles. The first-order chi connectivity index (χ1) is 15.6. The van der Waals surface area contributed by atoms with E-state index in [4.69, 9.17) is 23.2 Å². The predicted octanol–water partition coefficient (Wildman–Crippen LogP) is 9.48. The molecule has 1 atom stereocenters. The molecule has 2 nitrogen and oxygen atoms in total. The number of aromatic nitrogens is 2. The lowest BCUT2D eigenvalue weighted by atomic mass is 10.0. The Morgan fingerprint density at radius 2 is 1.25 bits per heavy atom. The molecular formula is C28H45Cl2N2+. The SMILES string of the molecule is CCCCCCCCCCCCCCCC[n+]1ccn([C@@H](C)c2c(Cl)cccc2Cl)c1C. The summed E-state index contributed by atoms with van der Waals surface area (Å²) >= 11 is 12.9. The lowest BCUT2D eigenvalue weighted by Gasteiger charge is -2.14. The van der Waals surface area contributed by atoms with Crippen molar-refractivity contribution in [3.8, 4) is 0 Å². The third-order valence-electron chi connectivity index (χ3n) is 6.78. The number of aryl methyl sites for hydroxylation is 1. The average Bonchev–Trinajstić information content (AvgIpc) is 3.14. The zero-order valence-corrected chi connectivity index (χ0v) is 22.2. The molecule has 0 aliphatic carbocycles. The molecule has 0 aliphatic rings. The van der Waals surface area contributed by atoms with Gasteiger partial charge in [0.05, 0.1) is 6.54 Å². The van der Waals surface area contributed by atoms with Gasteiger partial charge in [-0.15, -0.1) is 0 Å². The van der Waals surface area contributed by atoms with Gasteiger partial charge in [-0.25, -0.2) is 9.13 Å². The van der Waals surface area contributed by atoms with Crippen LogP contribution in [0.4, 0.5) is 0 Å². The first kappa shape index (κ1) is 27.3. The molecule has 2 aromatic rings. The van der Waals surface area contributed by atoms with Gasteiger partial charge < -0.3 is 0 Å². The molecule has 1 aromatic heterocycles. The summed E-state index contributed by atoms with van der Waals surface area (Å²) in [5, 5.41) is 1.47. The third kappa shape index (κ3) is 9.10. The molecule has 0 N–H and O–H groups in total. The molecule has 0 unspecified atom stereocenters. The number of nitrogens with zero attached hydrogens (tertiary/aromatic N) is 2. The Balaban J connectivity index is 1.58. The number of benzene rings is 1. The molecule has 0 saturated carbocycles. The van der Waals surface area contributed by atoms with Crippen molar-refractivity contribution < 1.29 is 4.57 Å². The number of unbranched alkanes of at least 4 members (excludes halogenated alkanes) is 13. The Kier molecular flexibility index (Phi) is 13.4. The minimum Gasteiger partial charge on any atom is -0.234 e. The second-order valence-corrected chi connectivity index (χ2v) is 10.2. The van der Waals surface area contributed by atoms with E-state index < -0.39 is 0 Å². The molecule has 0 aliphatic heterocycles. The van der Waals surface area contributed by atoms with Crippen LogP contribution in [-0.4, -0.2) is 4.57 Å². The van der Waals surface area contributed by atoms with Crippen LogP contribution in [0.15, 0.2) is 30.6 Å². The van der Waals surface area contributed by atoms with Crippen LogP contribution in [0.1, 0.15) is 121 Å². The highest BCUT2D eigenvalue weighted by Gasteiger charge is 2.23. The number of hydrogen-bond donors (Lipinski definition) is 0. The number of rotatable bonds is 17. The van der Waals surface area contributed by atoms with Gasteiger partial charge in [0.2, 0.25) is 0 Å². The van der Waals surface area contributed by atoms with E-state index >= 15 is 0 Å². The van der Waals surface area contributed by atoms with Crippen LogP contribution in [-0.2, 0) is 6.54 Å². The predicted molar refractivity (Wildman–Crippen MR) is 140 cm³/mol. The van der Waals surface area contributed by atoms with Crippen LogP contribution in [0.25, 0.3) is 0 Å². The monoisotopic (exact) mass is 479 g/mol. The maximum absolute atomic E-state index is 6.43. The molecule has 1 heterocycles. The summed E-state index contributed by atoms with van der Waals surface area (Å²) in [5.74, 6) is 1.25. The van der Waals surface area contributed by atoms with E-state index in [0.29, 0.717) is 0 Å². The molecule has 0 radical (unpaired) electrons. The molecule has 180 valence electrons. The van der Waals surface area contributed by atoms with Crippen molar-refractivity contribution in [2.75, 3.05) is 0 Å². The van der Waals surface area contributed by atoms with Crippen LogP contribution in [0.3, 0.4) is 0 Å². The van der Waals surface area contributed by atoms with Crippen LogP contribution in [0.5, 0.6) is 0 Å². The second kappa shape index (κ2) is 15.8. The van der Waals surface area contributed by atoms with Crippen molar-refractivity contribution >= 4 is 23.2 Å². The Bertz CT molecular complexity index is 749. The number of imidazole rings is 1. The highest BCUT2D eigenvalue weighted by atomic mass is 35.5. The second-order valence-electron chi connectivity index (χ2n) is 9.35. The van der Waals surface area contributed by atoms with Crippen molar-refractivity contribution in [1.82, 2.24) is 4.57 Å². The Labute approximate surface area is 207 Å². The third-order valence-corrected chi connectivity index (χ3v) is 7.44. The molecule has 32 heavy (non-hydrogen) atoms.